The molecule has 0 aliphatic carbocycles. The van der Waals surface area contributed by atoms with Crippen molar-refractivity contribution in [1.82, 2.24) is 15.1 Å². The fourth-order valence-electron chi connectivity index (χ4n) is 2.80. The van der Waals surface area contributed by atoms with Crippen molar-refractivity contribution in [2.45, 2.75) is 25.9 Å². The molecule has 0 fully saturated rings. The van der Waals surface area contributed by atoms with Crippen LogP contribution >= 0.6 is 0 Å². The van der Waals surface area contributed by atoms with Crippen LogP contribution < -0.4 is 5.32 Å². The lowest BCUT2D eigenvalue weighted by atomic mass is 10.0. The van der Waals surface area contributed by atoms with Gasteiger partial charge in [0.25, 0.3) is 5.91 Å². The smallest absolute Gasteiger partial charge is 0.269 e. The number of aromatic nitrogens is 2. The summed E-state index contributed by atoms with van der Waals surface area (Å²) in [5, 5.41) is 19.7. The number of rotatable bonds is 5. The van der Waals surface area contributed by atoms with Crippen LogP contribution in [0.3, 0.4) is 0 Å². The molecular weight excluding hydrogens is 314 g/mol. The summed E-state index contributed by atoms with van der Waals surface area (Å²) in [6, 6.07) is 15.6. The molecule has 0 saturated heterocycles. The highest BCUT2D eigenvalue weighted by atomic mass is 16.3. The van der Waals surface area contributed by atoms with E-state index in [9.17, 15) is 9.90 Å². The van der Waals surface area contributed by atoms with E-state index in [-0.39, 0.29) is 18.4 Å². The number of carbonyl (C=O) groups is 1. The lowest BCUT2D eigenvalue weighted by molar-refractivity contribution is 0.0907. The molecule has 5 nitrogen and oxygen atoms in total. The Morgan fingerprint density at radius 3 is 2.56 bits per heavy atom. The van der Waals surface area contributed by atoms with Crippen molar-refractivity contribution in [1.29, 1.82) is 0 Å². The molecule has 0 bridgehead atoms. The predicted octanol–water partition coefficient (Wildman–Crippen LogP) is 3.16. The minimum Gasteiger partial charge on any atom is -0.387 e. The number of nitrogens with zero attached hydrogens (tertiary/aromatic N) is 2. The summed E-state index contributed by atoms with van der Waals surface area (Å²) < 4.78 is 1.58. The second-order valence-corrected chi connectivity index (χ2v) is 6.57. The van der Waals surface area contributed by atoms with Gasteiger partial charge in [-0.05, 0) is 34.4 Å². The van der Waals surface area contributed by atoms with Crippen LogP contribution in [0.2, 0.25) is 0 Å². The number of aliphatic hydroxyl groups is 1. The van der Waals surface area contributed by atoms with E-state index in [0.29, 0.717) is 5.69 Å². The maximum atomic E-state index is 12.4. The number of fused-ring (bicyclic) bond motifs is 1. The number of carbonyl (C=O) groups excluding carboxylic acids is 1. The van der Waals surface area contributed by atoms with Gasteiger partial charge in [-0.15, -0.1) is 0 Å². The molecule has 2 N–H and O–H groups in total. The third-order valence-corrected chi connectivity index (χ3v) is 4.34. The van der Waals surface area contributed by atoms with Gasteiger partial charge in [0, 0.05) is 13.6 Å². The molecule has 0 spiro atoms. The monoisotopic (exact) mass is 337 g/mol. The number of nitrogens with one attached hydrogen (secondary N) is 1. The minimum absolute atomic E-state index is 0.152. The molecule has 2 aromatic carbocycles. The van der Waals surface area contributed by atoms with Gasteiger partial charge in [-0.2, -0.15) is 5.10 Å². The van der Waals surface area contributed by atoms with Crippen molar-refractivity contribution in [2.24, 2.45) is 7.05 Å². The summed E-state index contributed by atoms with van der Waals surface area (Å²) in [7, 11) is 1.75. The molecule has 130 valence electrons. The van der Waals surface area contributed by atoms with Crippen molar-refractivity contribution >= 4 is 16.7 Å². The summed E-state index contributed by atoms with van der Waals surface area (Å²) in [6.07, 6.45) is -0.758. The van der Waals surface area contributed by atoms with Gasteiger partial charge in [0.1, 0.15) is 5.69 Å². The molecule has 1 amide bonds. The van der Waals surface area contributed by atoms with Crippen LogP contribution in [0.5, 0.6) is 0 Å². The number of aliphatic hydroxyl groups excluding tert-OH is 1. The van der Waals surface area contributed by atoms with E-state index in [1.54, 1.807) is 17.8 Å². The number of hydrogen-bond donors (Lipinski definition) is 2. The van der Waals surface area contributed by atoms with E-state index < -0.39 is 6.10 Å². The molecule has 1 heterocycles. The molecule has 5 heteroatoms. The van der Waals surface area contributed by atoms with Crippen molar-refractivity contribution in [2.75, 3.05) is 6.54 Å². The van der Waals surface area contributed by atoms with Gasteiger partial charge >= 0.3 is 0 Å². The van der Waals surface area contributed by atoms with Crippen LogP contribution in [0.1, 0.15) is 47.6 Å². The van der Waals surface area contributed by atoms with Gasteiger partial charge in [-0.25, -0.2) is 0 Å². The molecule has 0 aliphatic heterocycles. The first-order valence-electron chi connectivity index (χ1n) is 8.44. The van der Waals surface area contributed by atoms with Gasteiger partial charge in [-0.1, -0.05) is 50.2 Å². The third kappa shape index (κ3) is 3.72. The zero-order valence-electron chi connectivity index (χ0n) is 14.7. The molecule has 3 rings (SSSR count). The van der Waals surface area contributed by atoms with Gasteiger partial charge < -0.3 is 10.4 Å². The Morgan fingerprint density at radius 1 is 1.16 bits per heavy atom. The summed E-state index contributed by atoms with van der Waals surface area (Å²) in [5.74, 6) is 0.0256. The molecule has 0 radical (unpaired) electrons. The van der Waals surface area contributed by atoms with E-state index in [0.717, 1.165) is 22.0 Å². The quantitative estimate of drug-likeness (QED) is 0.751. The standard InChI is InChI=1S/C20H23N3O2/c1-13(2)17-11-18(23(3)22-17)20(25)21-12-19(24)16-9-8-14-6-4-5-7-15(14)10-16/h4-11,13,19,24H,12H2,1-3H3,(H,21,25). The normalized spacial score (nSPS) is 12.5. The molecule has 0 aliphatic rings. The average molecular weight is 337 g/mol. The summed E-state index contributed by atoms with van der Waals surface area (Å²) in [4.78, 5) is 12.4. The molecule has 3 aromatic rings. The first kappa shape index (κ1) is 17.2. The Balaban J connectivity index is 1.68. The van der Waals surface area contributed by atoms with Crippen LogP contribution in [0.4, 0.5) is 0 Å². The third-order valence-electron chi connectivity index (χ3n) is 4.34. The van der Waals surface area contributed by atoms with Crippen LogP contribution in [0.25, 0.3) is 10.8 Å². The Hall–Kier alpha value is -2.66. The van der Waals surface area contributed by atoms with Gasteiger partial charge in [-0.3, -0.25) is 9.48 Å². The molecule has 25 heavy (non-hydrogen) atoms. The zero-order valence-corrected chi connectivity index (χ0v) is 14.7. The number of hydrogen-bond acceptors (Lipinski definition) is 3. The minimum atomic E-state index is -0.758. The molecule has 1 unspecified atom stereocenters. The predicted molar refractivity (Wildman–Crippen MR) is 98.5 cm³/mol. The largest absolute Gasteiger partial charge is 0.387 e. The van der Waals surface area contributed by atoms with Gasteiger partial charge in [0.2, 0.25) is 0 Å². The van der Waals surface area contributed by atoms with E-state index in [4.69, 9.17) is 0 Å². The summed E-state index contributed by atoms with van der Waals surface area (Å²) in [5.41, 5.74) is 2.16. The molecule has 1 atom stereocenters. The Kier molecular flexibility index (Phi) is 4.86. The highest BCUT2D eigenvalue weighted by Gasteiger charge is 2.16. The summed E-state index contributed by atoms with van der Waals surface area (Å²) in [6.45, 7) is 4.22. The van der Waals surface area contributed by atoms with Crippen molar-refractivity contribution in [3.63, 3.8) is 0 Å². The average Bonchev–Trinajstić information content (AvgIpc) is 3.01. The first-order valence-corrected chi connectivity index (χ1v) is 8.44. The Morgan fingerprint density at radius 2 is 1.88 bits per heavy atom. The Labute approximate surface area is 147 Å². The lowest BCUT2D eigenvalue weighted by Crippen LogP contribution is -2.29. The molecule has 0 saturated carbocycles. The maximum Gasteiger partial charge on any atom is 0.269 e. The fraction of sp³-hybridized carbons (Fsp3) is 0.300. The number of benzene rings is 2. The lowest BCUT2D eigenvalue weighted by Gasteiger charge is -2.13. The highest BCUT2D eigenvalue weighted by molar-refractivity contribution is 5.92. The number of aryl methyl sites for hydroxylation is 1. The summed E-state index contributed by atoms with van der Waals surface area (Å²) >= 11 is 0. The van der Waals surface area contributed by atoms with Crippen molar-refractivity contribution in [3.05, 3.63) is 65.5 Å². The van der Waals surface area contributed by atoms with Gasteiger partial charge in [0.15, 0.2) is 0 Å². The molecular formula is C20H23N3O2. The van der Waals surface area contributed by atoms with E-state index in [1.165, 1.54) is 0 Å². The van der Waals surface area contributed by atoms with E-state index in [2.05, 4.69) is 10.4 Å². The van der Waals surface area contributed by atoms with Crippen LogP contribution in [-0.2, 0) is 7.05 Å². The highest BCUT2D eigenvalue weighted by Crippen LogP contribution is 2.20. The Bertz CT molecular complexity index is 899. The van der Waals surface area contributed by atoms with E-state index >= 15 is 0 Å². The van der Waals surface area contributed by atoms with Crippen molar-refractivity contribution in [3.8, 4) is 0 Å². The van der Waals surface area contributed by atoms with Crippen molar-refractivity contribution < 1.29 is 9.90 Å². The fourth-order valence-corrected chi connectivity index (χ4v) is 2.80. The number of amides is 1. The SMILES string of the molecule is CC(C)c1cc(C(=O)NCC(O)c2ccc3ccccc3c2)n(C)n1. The molecule has 1 aromatic heterocycles. The first-order chi connectivity index (χ1) is 12.0. The second-order valence-electron chi connectivity index (χ2n) is 6.57. The van der Waals surface area contributed by atoms with Gasteiger partial charge in [0.05, 0.1) is 11.8 Å². The maximum absolute atomic E-state index is 12.4. The van der Waals surface area contributed by atoms with Crippen LogP contribution in [-0.4, -0.2) is 27.3 Å². The topological polar surface area (TPSA) is 67.2 Å². The van der Waals surface area contributed by atoms with E-state index in [1.807, 2.05) is 56.3 Å². The van der Waals surface area contributed by atoms with Crippen LogP contribution in [0, 0.1) is 0 Å². The zero-order chi connectivity index (χ0) is 18.0. The second kappa shape index (κ2) is 7.07. The van der Waals surface area contributed by atoms with Crippen LogP contribution in [0.15, 0.2) is 48.5 Å².